The lowest BCUT2D eigenvalue weighted by Gasteiger charge is -2.11. The summed E-state index contributed by atoms with van der Waals surface area (Å²) in [5.41, 5.74) is 6.00. The highest BCUT2D eigenvalue weighted by Gasteiger charge is 2.09. The van der Waals surface area contributed by atoms with Crippen molar-refractivity contribution in [2.24, 2.45) is 11.7 Å². The zero-order chi connectivity index (χ0) is 9.14. The van der Waals surface area contributed by atoms with Gasteiger partial charge in [0, 0.05) is 10.9 Å². The van der Waals surface area contributed by atoms with Gasteiger partial charge in [-0.25, -0.2) is 0 Å². The molecule has 0 amide bonds. The van der Waals surface area contributed by atoms with Crippen LogP contribution in [0, 0.1) is 5.92 Å². The van der Waals surface area contributed by atoms with Crippen LogP contribution in [-0.2, 0) is 0 Å². The van der Waals surface area contributed by atoms with Crippen molar-refractivity contribution in [2.45, 2.75) is 26.3 Å². The van der Waals surface area contributed by atoms with E-state index in [1.807, 2.05) is 0 Å². The number of halogens is 1. The molecule has 0 radical (unpaired) electrons. The Balaban J connectivity index is 2.58. The summed E-state index contributed by atoms with van der Waals surface area (Å²) >= 11 is 5.16. The highest BCUT2D eigenvalue weighted by molar-refractivity contribution is 9.11. The Bertz CT molecular complexity index is 244. The van der Waals surface area contributed by atoms with Gasteiger partial charge in [-0.2, -0.15) is 0 Å². The highest BCUT2D eigenvalue weighted by Crippen LogP contribution is 2.28. The molecular weight excluding hydrogens is 234 g/mol. The SMILES string of the molecule is CC(C)CC(N)c1ccc(Br)s1. The molecule has 1 aromatic rings. The molecule has 1 unspecified atom stereocenters. The molecule has 12 heavy (non-hydrogen) atoms. The molecule has 1 nitrogen and oxygen atoms in total. The van der Waals surface area contributed by atoms with Crippen molar-refractivity contribution >= 4 is 27.3 Å². The minimum Gasteiger partial charge on any atom is -0.323 e. The quantitative estimate of drug-likeness (QED) is 0.869. The molecule has 0 saturated carbocycles. The lowest BCUT2D eigenvalue weighted by Crippen LogP contribution is -2.11. The van der Waals surface area contributed by atoms with Crippen LogP contribution in [0.1, 0.15) is 31.2 Å². The summed E-state index contributed by atoms with van der Waals surface area (Å²) < 4.78 is 1.16. The molecule has 0 aliphatic rings. The van der Waals surface area contributed by atoms with Gasteiger partial charge in [0.25, 0.3) is 0 Å². The Morgan fingerprint density at radius 3 is 2.58 bits per heavy atom. The molecule has 2 N–H and O–H groups in total. The van der Waals surface area contributed by atoms with Gasteiger partial charge >= 0.3 is 0 Å². The van der Waals surface area contributed by atoms with Crippen LogP contribution in [0.25, 0.3) is 0 Å². The molecule has 0 bridgehead atoms. The van der Waals surface area contributed by atoms with E-state index >= 15 is 0 Å². The number of thiophene rings is 1. The first-order chi connectivity index (χ1) is 5.59. The molecule has 0 fully saturated rings. The molecule has 0 saturated heterocycles. The maximum atomic E-state index is 6.00. The van der Waals surface area contributed by atoms with Gasteiger partial charge < -0.3 is 5.73 Å². The van der Waals surface area contributed by atoms with Crippen LogP contribution < -0.4 is 5.73 Å². The molecule has 0 aliphatic carbocycles. The van der Waals surface area contributed by atoms with E-state index in [9.17, 15) is 0 Å². The van der Waals surface area contributed by atoms with E-state index in [0.29, 0.717) is 5.92 Å². The second-order valence-electron chi connectivity index (χ2n) is 3.38. The summed E-state index contributed by atoms with van der Waals surface area (Å²) in [5, 5.41) is 0. The first-order valence-corrected chi connectivity index (χ1v) is 5.71. The number of rotatable bonds is 3. The Morgan fingerprint density at radius 1 is 1.50 bits per heavy atom. The van der Waals surface area contributed by atoms with Crippen molar-refractivity contribution in [1.29, 1.82) is 0 Å². The molecular formula is C9H14BrNS. The largest absolute Gasteiger partial charge is 0.323 e. The molecule has 1 aromatic heterocycles. The van der Waals surface area contributed by atoms with Crippen molar-refractivity contribution in [2.75, 3.05) is 0 Å². The lowest BCUT2D eigenvalue weighted by molar-refractivity contribution is 0.515. The van der Waals surface area contributed by atoms with Gasteiger partial charge in [0.05, 0.1) is 3.79 Å². The zero-order valence-electron chi connectivity index (χ0n) is 7.38. The predicted octanol–water partition coefficient (Wildman–Crippen LogP) is 3.56. The molecule has 1 atom stereocenters. The third-order valence-corrected chi connectivity index (χ3v) is 3.44. The summed E-state index contributed by atoms with van der Waals surface area (Å²) in [6, 6.07) is 4.36. The third-order valence-electron chi connectivity index (χ3n) is 1.68. The van der Waals surface area contributed by atoms with E-state index in [0.717, 1.165) is 10.2 Å². The Labute approximate surface area is 86.1 Å². The van der Waals surface area contributed by atoms with Crippen molar-refractivity contribution < 1.29 is 0 Å². The standard InChI is InChI=1S/C9H14BrNS/c1-6(2)5-7(11)8-3-4-9(10)12-8/h3-4,6-7H,5,11H2,1-2H3. The van der Waals surface area contributed by atoms with Crippen LogP contribution in [0.5, 0.6) is 0 Å². The van der Waals surface area contributed by atoms with Gasteiger partial charge in [0.15, 0.2) is 0 Å². The normalized spacial score (nSPS) is 13.8. The van der Waals surface area contributed by atoms with Gasteiger partial charge in [-0.05, 0) is 40.4 Å². The maximum absolute atomic E-state index is 6.00. The Morgan fingerprint density at radius 2 is 2.17 bits per heavy atom. The first kappa shape index (κ1) is 10.2. The van der Waals surface area contributed by atoms with Crippen LogP contribution in [0.4, 0.5) is 0 Å². The van der Waals surface area contributed by atoms with E-state index in [1.54, 1.807) is 11.3 Å². The van der Waals surface area contributed by atoms with Crippen LogP contribution in [-0.4, -0.2) is 0 Å². The molecule has 1 heterocycles. The summed E-state index contributed by atoms with van der Waals surface area (Å²) in [6.07, 6.45) is 1.06. The molecule has 3 heteroatoms. The summed E-state index contributed by atoms with van der Waals surface area (Å²) in [6.45, 7) is 4.39. The fourth-order valence-corrected chi connectivity index (χ4v) is 2.59. The van der Waals surface area contributed by atoms with Crippen molar-refractivity contribution in [3.63, 3.8) is 0 Å². The predicted molar refractivity (Wildman–Crippen MR) is 58.4 cm³/mol. The van der Waals surface area contributed by atoms with Crippen LogP contribution in [0.15, 0.2) is 15.9 Å². The minimum atomic E-state index is 0.210. The van der Waals surface area contributed by atoms with Crippen molar-refractivity contribution in [3.05, 3.63) is 20.8 Å². The van der Waals surface area contributed by atoms with E-state index in [1.165, 1.54) is 4.88 Å². The Kier molecular flexibility index (Phi) is 3.75. The summed E-state index contributed by atoms with van der Waals surface area (Å²) in [7, 11) is 0. The average molecular weight is 248 g/mol. The van der Waals surface area contributed by atoms with Gasteiger partial charge in [-0.15, -0.1) is 11.3 Å². The van der Waals surface area contributed by atoms with E-state index in [2.05, 4.69) is 41.9 Å². The first-order valence-electron chi connectivity index (χ1n) is 4.10. The lowest BCUT2D eigenvalue weighted by atomic mass is 10.0. The van der Waals surface area contributed by atoms with E-state index in [4.69, 9.17) is 5.73 Å². The van der Waals surface area contributed by atoms with Crippen LogP contribution in [0.3, 0.4) is 0 Å². The Hall–Kier alpha value is 0.140. The second-order valence-corrected chi connectivity index (χ2v) is 5.87. The number of hydrogen-bond donors (Lipinski definition) is 1. The van der Waals surface area contributed by atoms with Gasteiger partial charge in [0.2, 0.25) is 0 Å². The monoisotopic (exact) mass is 247 g/mol. The highest BCUT2D eigenvalue weighted by atomic mass is 79.9. The number of hydrogen-bond acceptors (Lipinski definition) is 2. The molecule has 0 aliphatic heterocycles. The minimum absolute atomic E-state index is 0.210. The van der Waals surface area contributed by atoms with Gasteiger partial charge in [-0.1, -0.05) is 13.8 Å². The molecule has 0 spiro atoms. The molecule has 68 valence electrons. The van der Waals surface area contributed by atoms with Crippen LogP contribution in [0.2, 0.25) is 0 Å². The van der Waals surface area contributed by atoms with Crippen LogP contribution >= 0.6 is 27.3 Å². The molecule has 1 rings (SSSR count). The van der Waals surface area contributed by atoms with E-state index < -0.39 is 0 Å². The smallest absolute Gasteiger partial charge is 0.0701 e. The molecule has 0 aromatic carbocycles. The van der Waals surface area contributed by atoms with Crippen molar-refractivity contribution in [3.8, 4) is 0 Å². The number of nitrogens with two attached hydrogens (primary N) is 1. The van der Waals surface area contributed by atoms with E-state index in [-0.39, 0.29) is 6.04 Å². The zero-order valence-corrected chi connectivity index (χ0v) is 9.78. The fraction of sp³-hybridized carbons (Fsp3) is 0.556. The summed E-state index contributed by atoms with van der Waals surface area (Å²) in [5.74, 6) is 0.667. The topological polar surface area (TPSA) is 26.0 Å². The maximum Gasteiger partial charge on any atom is 0.0701 e. The van der Waals surface area contributed by atoms with Gasteiger partial charge in [0.1, 0.15) is 0 Å². The van der Waals surface area contributed by atoms with Gasteiger partial charge in [-0.3, -0.25) is 0 Å². The third kappa shape index (κ3) is 2.88. The second kappa shape index (κ2) is 4.40. The van der Waals surface area contributed by atoms with Crippen molar-refractivity contribution in [1.82, 2.24) is 0 Å². The summed E-state index contributed by atoms with van der Waals surface area (Å²) in [4.78, 5) is 1.27. The average Bonchev–Trinajstić information content (AvgIpc) is 2.34. The fourth-order valence-electron chi connectivity index (χ4n) is 1.15.